The molecule has 0 aliphatic rings. The van der Waals surface area contributed by atoms with Gasteiger partial charge in [0.25, 0.3) is 0 Å². The standard InChI is InChI=1S/C22H19N5O/c1-3-16-13(2)17(12-23)22-26-18-6-4-5-7-19(18)27(22)21(16)25-15-10-8-14(9-11-15)20(24)28/h4-11,25H,3H2,1-2H3,(H2,24,28). The highest BCUT2D eigenvalue weighted by Crippen LogP contribution is 2.33. The van der Waals surface area contributed by atoms with Crippen LogP contribution in [-0.2, 0) is 6.42 Å². The van der Waals surface area contributed by atoms with E-state index in [1.165, 1.54) is 0 Å². The number of hydrogen-bond acceptors (Lipinski definition) is 4. The minimum absolute atomic E-state index is 0.454. The van der Waals surface area contributed by atoms with E-state index in [9.17, 15) is 10.1 Å². The highest BCUT2D eigenvalue weighted by molar-refractivity contribution is 5.93. The number of imidazole rings is 1. The summed E-state index contributed by atoms with van der Waals surface area (Å²) < 4.78 is 2.00. The van der Waals surface area contributed by atoms with Gasteiger partial charge in [0.1, 0.15) is 11.9 Å². The summed E-state index contributed by atoms with van der Waals surface area (Å²) in [6.07, 6.45) is 0.755. The molecule has 138 valence electrons. The third kappa shape index (κ3) is 2.65. The number of amides is 1. The number of fused-ring (bicyclic) bond motifs is 3. The van der Waals surface area contributed by atoms with E-state index in [1.54, 1.807) is 12.1 Å². The Balaban J connectivity index is 2.00. The molecule has 0 saturated carbocycles. The molecule has 0 bridgehead atoms. The Morgan fingerprint density at radius 3 is 2.57 bits per heavy atom. The minimum atomic E-state index is -0.460. The van der Waals surface area contributed by atoms with Crippen molar-refractivity contribution in [1.82, 2.24) is 9.38 Å². The molecule has 0 unspecified atom stereocenters. The maximum absolute atomic E-state index is 11.3. The van der Waals surface area contributed by atoms with Gasteiger partial charge in [-0.05, 0) is 60.9 Å². The Morgan fingerprint density at radius 1 is 1.21 bits per heavy atom. The van der Waals surface area contributed by atoms with Gasteiger partial charge in [-0.3, -0.25) is 9.20 Å². The van der Waals surface area contributed by atoms with Crippen molar-refractivity contribution in [2.45, 2.75) is 20.3 Å². The number of nitrogens with zero attached hydrogens (tertiary/aromatic N) is 3. The van der Waals surface area contributed by atoms with Crippen LogP contribution in [0.2, 0.25) is 0 Å². The lowest BCUT2D eigenvalue weighted by atomic mass is 10.0. The van der Waals surface area contributed by atoms with Crippen LogP contribution in [-0.4, -0.2) is 15.3 Å². The van der Waals surface area contributed by atoms with Crippen molar-refractivity contribution in [2.24, 2.45) is 5.73 Å². The number of carbonyl (C=O) groups excluding carboxylic acids is 1. The number of hydrogen-bond donors (Lipinski definition) is 2. The van der Waals surface area contributed by atoms with Crippen molar-refractivity contribution in [3.8, 4) is 6.07 Å². The van der Waals surface area contributed by atoms with Gasteiger partial charge in [0, 0.05) is 11.3 Å². The molecule has 3 N–H and O–H groups in total. The van der Waals surface area contributed by atoms with Crippen molar-refractivity contribution in [1.29, 1.82) is 5.26 Å². The molecule has 0 atom stereocenters. The SMILES string of the molecule is CCc1c(C)c(C#N)c2nc3ccccc3n2c1Nc1ccc(C(N)=O)cc1. The molecular formula is C22H19N5O. The fraction of sp³-hybridized carbons (Fsp3) is 0.136. The Kier molecular flexibility index (Phi) is 4.21. The first kappa shape index (κ1) is 17.6. The van der Waals surface area contributed by atoms with Gasteiger partial charge in [0.15, 0.2) is 5.65 Å². The molecule has 0 aliphatic heterocycles. The molecule has 2 heterocycles. The maximum Gasteiger partial charge on any atom is 0.248 e. The van der Waals surface area contributed by atoms with E-state index in [4.69, 9.17) is 10.7 Å². The number of carbonyl (C=O) groups is 1. The topological polar surface area (TPSA) is 96.2 Å². The van der Waals surface area contributed by atoms with Gasteiger partial charge >= 0.3 is 0 Å². The van der Waals surface area contributed by atoms with Crippen LogP contribution in [0.4, 0.5) is 11.5 Å². The van der Waals surface area contributed by atoms with Crippen LogP contribution >= 0.6 is 0 Å². The van der Waals surface area contributed by atoms with Crippen molar-refractivity contribution in [3.63, 3.8) is 0 Å². The number of benzene rings is 2. The molecule has 2 aromatic carbocycles. The lowest BCUT2D eigenvalue weighted by Gasteiger charge is -2.18. The first-order chi connectivity index (χ1) is 13.5. The quantitative estimate of drug-likeness (QED) is 0.567. The van der Waals surface area contributed by atoms with Crippen LogP contribution in [0.25, 0.3) is 16.7 Å². The van der Waals surface area contributed by atoms with Crippen molar-refractivity contribution in [2.75, 3.05) is 5.32 Å². The number of nitriles is 1. The predicted molar refractivity (Wildman–Crippen MR) is 110 cm³/mol. The van der Waals surface area contributed by atoms with Crippen LogP contribution in [0.1, 0.15) is 34.0 Å². The molecule has 6 heteroatoms. The number of aromatic nitrogens is 2. The summed E-state index contributed by atoms with van der Waals surface area (Å²) >= 11 is 0. The Hall–Kier alpha value is -3.85. The first-order valence-corrected chi connectivity index (χ1v) is 9.04. The summed E-state index contributed by atoms with van der Waals surface area (Å²) in [6.45, 7) is 4.02. The van der Waals surface area contributed by atoms with Gasteiger partial charge in [-0.1, -0.05) is 19.1 Å². The average Bonchev–Trinajstić information content (AvgIpc) is 3.08. The van der Waals surface area contributed by atoms with Crippen LogP contribution < -0.4 is 11.1 Å². The number of anilines is 2. The van der Waals surface area contributed by atoms with Gasteiger partial charge < -0.3 is 11.1 Å². The molecule has 6 nitrogen and oxygen atoms in total. The molecule has 28 heavy (non-hydrogen) atoms. The smallest absolute Gasteiger partial charge is 0.248 e. The summed E-state index contributed by atoms with van der Waals surface area (Å²) in [5, 5.41) is 13.2. The van der Waals surface area contributed by atoms with Gasteiger partial charge in [-0.2, -0.15) is 5.26 Å². The second kappa shape index (κ2) is 6.71. The molecule has 0 spiro atoms. The van der Waals surface area contributed by atoms with Gasteiger partial charge in [-0.15, -0.1) is 0 Å². The summed E-state index contributed by atoms with van der Waals surface area (Å²) in [5.41, 5.74) is 11.6. The molecule has 0 fully saturated rings. The Bertz CT molecular complexity index is 1260. The molecule has 4 rings (SSSR count). The fourth-order valence-corrected chi connectivity index (χ4v) is 3.60. The number of rotatable bonds is 4. The number of nitrogens with one attached hydrogen (secondary N) is 1. The highest BCUT2D eigenvalue weighted by Gasteiger charge is 2.20. The van der Waals surface area contributed by atoms with Crippen molar-refractivity contribution >= 4 is 34.1 Å². The third-order valence-electron chi connectivity index (χ3n) is 5.02. The molecule has 1 amide bonds. The normalized spacial score (nSPS) is 10.9. The van der Waals surface area contributed by atoms with Crippen LogP contribution in [0.3, 0.4) is 0 Å². The average molecular weight is 369 g/mol. The zero-order valence-electron chi connectivity index (χ0n) is 15.7. The largest absolute Gasteiger partial charge is 0.366 e. The molecular weight excluding hydrogens is 350 g/mol. The molecule has 0 radical (unpaired) electrons. The van der Waals surface area contributed by atoms with E-state index >= 15 is 0 Å². The Morgan fingerprint density at radius 2 is 1.93 bits per heavy atom. The minimum Gasteiger partial charge on any atom is -0.366 e. The Labute approximate surface area is 162 Å². The van der Waals surface area contributed by atoms with E-state index in [2.05, 4.69) is 18.3 Å². The van der Waals surface area contributed by atoms with Crippen molar-refractivity contribution < 1.29 is 4.79 Å². The molecule has 4 aromatic rings. The second-order valence-corrected chi connectivity index (χ2v) is 6.62. The lowest BCUT2D eigenvalue weighted by Crippen LogP contribution is -2.11. The van der Waals surface area contributed by atoms with Gasteiger partial charge in [0.2, 0.25) is 5.91 Å². The fourth-order valence-electron chi connectivity index (χ4n) is 3.60. The van der Waals surface area contributed by atoms with E-state index in [-0.39, 0.29) is 0 Å². The first-order valence-electron chi connectivity index (χ1n) is 9.04. The molecule has 2 aromatic heterocycles. The van der Waals surface area contributed by atoms with E-state index < -0.39 is 5.91 Å². The summed E-state index contributed by atoms with van der Waals surface area (Å²) in [7, 11) is 0. The highest BCUT2D eigenvalue weighted by atomic mass is 16.1. The summed E-state index contributed by atoms with van der Waals surface area (Å²) in [5.74, 6) is 0.410. The zero-order chi connectivity index (χ0) is 19.8. The predicted octanol–water partition coefficient (Wildman–Crippen LogP) is 4.07. The monoisotopic (exact) mass is 369 g/mol. The van der Waals surface area contributed by atoms with Gasteiger partial charge in [0.05, 0.1) is 16.6 Å². The zero-order valence-corrected chi connectivity index (χ0v) is 15.7. The summed E-state index contributed by atoms with van der Waals surface area (Å²) in [4.78, 5) is 16.0. The number of para-hydroxylation sites is 2. The van der Waals surface area contributed by atoms with Crippen LogP contribution in [0.15, 0.2) is 48.5 Å². The van der Waals surface area contributed by atoms with E-state index in [0.29, 0.717) is 16.8 Å². The van der Waals surface area contributed by atoms with Crippen molar-refractivity contribution in [3.05, 3.63) is 70.8 Å². The number of primary amides is 1. The number of pyridine rings is 1. The molecule has 0 aliphatic carbocycles. The second-order valence-electron chi connectivity index (χ2n) is 6.62. The third-order valence-corrected chi connectivity index (χ3v) is 5.02. The van der Waals surface area contributed by atoms with Gasteiger partial charge in [-0.25, -0.2) is 4.98 Å². The van der Waals surface area contributed by atoms with E-state index in [0.717, 1.165) is 40.1 Å². The molecule has 0 saturated heterocycles. The van der Waals surface area contributed by atoms with Crippen LogP contribution in [0.5, 0.6) is 0 Å². The van der Waals surface area contributed by atoms with Crippen LogP contribution in [0, 0.1) is 18.3 Å². The number of nitrogens with two attached hydrogens (primary N) is 1. The summed E-state index contributed by atoms with van der Waals surface area (Å²) in [6, 6.07) is 17.2. The lowest BCUT2D eigenvalue weighted by molar-refractivity contribution is 0.100. The maximum atomic E-state index is 11.3. The van der Waals surface area contributed by atoms with E-state index in [1.807, 2.05) is 47.7 Å².